The van der Waals surface area contributed by atoms with Crippen molar-refractivity contribution in [2.24, 2.45) is 0 Å². The molecule has 0 radical (unpaired) electrons. The van der Waals surface area contributed by atoms with Gasteiger partial charge in [-0.3, -0.25) is 9.59 Å². The molecule has 0 aliphatic carbocycles. The average Bonchev–Trinajstić information content (AvgIpc) is 3.03. The zero-order valence-corrected chi connectivity index (χ0v) is 18.1. The van der Waals surface area contributed by atoms with Crippen molar-refractivity contribution in [3.05, 3.63) is 65.2 Å². The number of aliphatic hydroxyl groups excluding tert-OH is 1. The van der Waals surface area contributed by atoms with Gasteiger partial charge in [-0.15, -0.1) is 0 Å². The molecule has 3 rings (SSSR count). The maximum Gasteiger partial charge on any atom is 0.295 e. The summed E-state index contributed by atoms with van der Waals surface area (Å²) in [6, 6.07) is 13.3. The molecule has 0 spiro atoms. The Hall–Kier alpha value is -3.32. The van der Waals surface area contributed by atoms with Gasteiger partial charge in [0, 0.05) is 12.1 Å². The lowest BCUT2D eigenvalue weighted by molar-refractivity contribution is -0.140. The Balaban J connectivity index is 2.09. The molecular weight excluding hydrogens is 398 g/mol. The van der Waals surface area contributed by atoms with Crippen LogP contribution in [0, 0.1) is 0 Å². The van der Waals surface area contributed by atoms with Gasteiger partial charge in [0.2, 0.25) is 0 Å². The van der Waals surface area contributed by atoms with Crippen molar-refractivity contribution in [3.63, 3.8) is 0 Å². The third kappa shape index (κ3) is 4.56. The SMILES string of the molecule is COc1ccc(/C(O)=C2/C(=O)C(=O)N(CCOC(C)C)C2c2ccccc2)cc1OC. The van der Waals surface area contributed by atoms with E-state index in [1.807, 2.05) is 44.2 Å². The van der Waals surface area contributed by atoms with E-state index in [1.54, 1.807) is 18.2 Å². The van der Waals surface area contributed by atoms with Crippen molar-refractivity contribution in [2.45, 2.75) is 26.0 Å². The van der Waals surface area contributed by atoms with E-state index in [4.69, 9.17) is 14.2 Å². The van der Waals surface area contributed by atoms with Gasteiger partial charge in [-0.25, -0.2) is 0 Å². The number of ketones is 1. The van der Waals surface area contributed by atoms with Gasteiger partial charge >= 0.3 is 0 Å². The van der Waals surface area contributed by atoms with Gasteiger partial charge in [-0.1, -0.05) is 30.3 Å². The maximum atomic E-state index is 13.0. The molecule has 7 heteroatoms. The van der Waals surface area contributed by atoms with E-state index >= 15 is 0 Å². The highest BCUT2D eigenvalue weighted by Crippen LogP contribution is 2.40. The normalized spacial score (nSPS) is 18.0. The smallest absolute Gasteiger partial charge is 0.295 e. The monoisotopic (exact) mass is 425 g/mol. The summed E-state index contributed by atoms with van der Waals surface area (Å²) in [4.78, 5) is 27.3. The Morgan fingerprint density at radius 2 is 1.71 bits per heavy atom. The molecule has 1 saturated heterocycles. The fourth-order valence-electron chi connectivity index (χ4n) is 3.62. The van der Waals surface area contributed by atoms with Gasteiger partial charge in [-0.2, -0.15) is 0 Å². The first kappa shape index (κ1) is 22.4. The average molecular weight is 425 g/mol. The van der Waals surface area contributed by atoms with Gasteiger partial charge < -0.3 is 24.2 Å². The number of nitrogens with zero attached hydrogens (tertiary/aromatic N) is 1. The molecule has 0 saturated carbocycles. The van der Waals surface area contributed by atoms with Gasteiger partial charge in [0.25, 0.3) is 11.7 Å². The van der Waals surface area contributed by atoms with Crippen LogP contribution < -0.4 is 9.47 Å². The summed E-state index contributed by atoms with van der Waals surface area (Å²) in [5.41, 5.74) is 1.12. The van der Waals surface area contributed by atoms with Crippen molar-refractivity contribution >= 4 is 17.4 Å². The van der Waals surface area contributed by atoms with Crippen LogP contribution in [0.4, 0.5) is 0 Å². The minimum Gasteiger partial charge on any atom is -0.507 e. The zero-order valence-electron chi connectivity index (χ0n) is 18.1. The van der Waals surface area contributed by atoms with Crippen LogP contribution in [0.15, 0.2) is 54.1 Å². The Kier molecular flexibility index (Phi) is 6.97. The summed E-state index contributed by atoms with van der Waals surface area (Å²) < 4.78 is 16.1. The van der Waals surface area contributed by atoms with E-state index in [0.29, 0.717) is 17.1 Å². The molecule has 1 N–H and O–H groups in total. The number of ether oxygens (including phenoxy) is 3. The molecule has 31 heavy (non-hydrogen) atoms. The zero-order chi connectivity index (χ0) is 22.5. The molecule has 1 unspecified atom stereocenters. The topological polar surface area (TPSA) is 85.3 Å². The molecule has 2 aromatic carbocycles. The lowest BCUT2D eigenvalue weighted by atomic mass is 9.95. The van der Waals surface area contributed by atoms with Crippen LogP contribution >= 0.6 is 0 Å². The summed E-state index contributed by atoms with van der Waals surface area (Å²) in [6.07, 6.45) is -0.00115. The fourth-order valence-corrected chi connectivity index (χ4v) is 3.62. The van der Waals surface area contributed by atoms with Gasteiger partial charge in [-0.05, 0) is 37.6 Å². The van der Waals surface area contributed by atoms with E-state index in [-0.39, 0.29) is 30.6 Å². The van der Waals surface area contributed by atoms with Gasteiger partial charge in [0.1, 0.15) is 5.76 Å². The van der Waals surface area contributed by atoms with E-state index in [2.05, 4.69) is 0 Å². The van der Waals surface area contributed by atoms with Crippen molar-refractivity contribution in [2.75, 3.05) is 27.4 Å². The predicted octanol–water partition coefficient (Wildman–Crippen LogP) is 3.55. The standard InChI is InChI=1S/C24H27NO6/c1-15(2)31-13-12-25-21(16-8-6-5-7-9-16)20(23(27)24(25)28)22(26)17-10-11-18(29-3)19(14-17)30-4/h5-11,14-15,21,26H,12-13H2,1-4H3/b22-20-. The second-order valence-corrected chi connectivity index (χ2v) is 7.39. The molecule has 1 aliphatic rings. The van der Waals surface area contributed by atoms with Crippen LogP contribution in [0.1, 0.15) is 31.0 Å². The number of hydrogen-bond donors (Lipinski definition) is 1. The van der Waals surface area contributed by atoms with Crippen LogP contribution in [0.25, 0.3) is 5.76 Å². The summed E-state index contributed by atoms with van der Waals surface area (Å²) in [6.45, 7) is 4.31. The molecular formula is C24H27NO6. The van der Waals surface area contributed by atoms with Crippen LogP contribution in [-0.2, 0) is 14.3 Å². The Labute approximate surface area is 181 Å². The molecule has 164 valence electrons. The molecule has 7 nitrogen and oxygen atoms in total. The first-order chi connectivity index (χ1) is 14.9. The number of likely N-dealkylation sites (tertiary alicyclic amines) is 1. The number of rotatable bonds is 8. The minimum absolute atomic E-state index is 0.00115. The number of Topliss-reactive ketones (excluding diaryl/α,β-unsaturated/α-hetero) is 1. The van der Waals surface area contributed by atoms with Crippen molar-refractivity contribution in [1.82, 2.24) is 4.90 Å². The second kappa shape index (κ2) is 9.66. The van der Waals surface area contributed by atoms with E-state index in [0.717, 1.165) is 5.56 Å². The Bertz CT molecular complexity index is 983. The number of benzene rings is 2. The molecule has 1 heterocycles. The summed E-state index contributed by atoms with van der Waals surface area (Å²) in [5.74, 6) is -0.762. The maximum absolute atomic E-state index is 13.0. The molecule has 0 bridgehead atoms. The Morgan fingerprint density at radius 3 is 2.32 bits per heavy atom. The predicted molar refractivity (Wildman–Crippen MR) is 116 cm³/mol. The summed E-state index contributed by atoms with van der Waals surface area (Å²) >= 11 is 0. The highest BCUT2D eigenvalue weighted by Gasteiger charge is 2.45. The number of carbonyl (C=O) groups excluding carboxylic acids is 2. The molecule has 0 aromatic heterocycles. The first-order valence-corrected chi connectivity index (χ1v) is 10.1. The van der Waals surface area contributed by atoms with E-state index < -0.39 is 17.7 Å². The number of amides is 1. The highest BCUT2D eigenvalue weighted by atomic mass is 16.5. The van der Waals surface area contributed by atoms with Crippen LogP contribution in [0.2, 0.25) is 0 Å². The number of carbonyl (C=O) groups is 2. The highest BCUT2D eigenvalue weighted by molar-refractivity contribution is 6.46. The van der Waals surface area contributed by atoms with Crippen molar-refractivity contribution in [1.29, 1.82) is 0 Å². The van der Waals surface area contributed by atoms with Crippen molar-refractivity contribution in [3.8, 4) is 11.5 Å². The van der Waals surface area contributed by atoms with Crippen LogP contribution in [-0.4, -0.2) is 55.2 Å². The molecule has 1 amide bonds. The molecule has 1 atom stereocenters. The Morgan fingerprint density at radius 1 is 1.03 bits per heavy atom. The first-order valence-electron chi connectivity index (χ1n) is 10.1. The number of methoxy groups -OCH3 is 2. The molecule has 1 aliphatic heterocycles. The third-order valence-corrected chi connectivity index (χ3v) is 5.10. The number of hydrogen-bond acceptors (Lipinski definition) is 6. The number of aliphatic hydroxyl groups is 1. The minimum atomic E-state index is -0.731. The van der Waals surface area contributed by atoms with E-state index in [9.17, 15) is 14.7 Å². The van der Waals surface area contributed by atoms with E-state index in [1.165, 1.54) is 19.1 Å². The van der Waals surface area contributed by atoms with Gasteiger partial charge in [0.05, 0.1) is 38.5 Å². The quantitative estimate of drug-likeness (QED) is 0.396. The van der Waals surface area contributed by atoms with Crippen molar-refractivity contribution < 1.29 is 28.9 Å². The second-order valence-electron chi connectivity index (χ2n) is 7.39. The largest absolute Gasteiger partial charge is 0.507 e. The summed E-state index contributed by atoms with van der Waals surface area (Å²) in [5, 5.41) is 11.1. The third-order valence-electron chi connectivity index (χ3n) is 5.10. The fraction of sp³-hybridized carbons (Fsp3) is 0.333. The molecule has 2 aromatic rings. The van der Waals surface area contributed by atoms with Gasteiger partial charge in [0.15, 0.2) is 11.5 Å². The molecule has 1 fully saturated rings. The summed E-state index contributed by atoms with van der Waals surface area (Å²) in [7, 11) is 3.00. The van der Waals surface area contributed by atoms with Crippen LogP contribution in [0.5, 0.6) is 11.5 Å². The lowest BCUT2D eigenvalue weighted by Crippen LogP contribution is -2.33. The lowest BCUT2D eigenvalue weighted by Gasteiger charge is -2.25. The van der Waals surface area contributed by atoms with Crippen LogP contribution in [0.3, 0.4) is 0 Å².